The van der Waals surface area contributed by atoms with Crippen LogP contribution in [0.2, 0.25) is 0 Å². The summed E-state index contributed by atoms with van der Waals surface area (Å²) in [6.45, 7) is 3.34. The smallest absolute Gasteiger partial charge is 0.0701 e. The maximum Gasteiger partial charge on any atom is 0.0701 e. The summed E-state index contributed by atoms with van der Waals surface area (Å²) in [4.78, 5) is 7.99. The van der Waals surface area contributed by atoms with Crippen LogP contribution in [0.1, 0.15) is 17.7 Å². The Labute approximate surface area is 138 Å². The number of hydrogen-bond donors (Lipinski definition) is 1. The van der Waals surface area contributed by atoms with Gasteiger partial charge in [0, 0.05) is 48.6 Å². The summed E-state index contributed by atoms with van der Waals surface area (Å²) in [6, 6.07) is 9.20. The standard InChI is InChI=1S/C16H20BrN3S/c17-16-2-1-15(21-16)5-10-19-13-6-11-20(12-7-13)14-3-8-18-9-4-14/h1-4,8-9,13,19H,5-7,10-12H2. The van der Waals surface area contributed by atoms with E-state index >= 15 is 0 Å². The van der Waals surface area contributed by atoms with Gasteiger partial charge in [0.05, 0.1) is 3.79 Å². The highest BCUT2D eigenvalue weighted by Crippen LogP contribution is 2.22. The SMILES string of the molecule is Brc1ccc(CCNC2CCN(c3ccncc3)CC2)s1. The highest BCUT2D eigenvalue weighted by molar-refractivity contribution is 9.11. The van der Waals surface area contributed by atoms with E-state index in [2.05, 4.69) is 55.4 Å². The third-order valence-corrected chi connectivity index (χ3v) is 5.64. The molecular formula is C16H20BrN3S. The Kier molecular flexibility index (Phi) is 5.27. The van der Waals surface area contributed by atoms with Crippen molar-refractivity contribution >= 4 is 33.0 Å². The Hall–Kier alpha value is -0.910. The number of halogens is 1. The first kappa shape index (κ1) is 15.0. The molecule has 0 bridgehead atoms. The lowest BCUT2D eigenvalue weighted by atomic mass is 10.0. The quantitative estimate of drug-likeness (QED) is 0.875. The summed E-state index contributed by atoms with van der Waals surface area (Å²) in [5, 5.41) is 3.70. The van der Waals surface area contributed by atoms with Gasteiger partial charge in [0.25, 0.3) is 0 Å². The summed E-state index contributed by atoms with van der Waals surface area (Å²) in [5.41, 5.74) is 1.30. The van der Waals surface area contributed by atoms with E-state index in [0.717, 1.165) is 26.1 Å². The molecule has 0 radical (unpaired) electrons. The molecule has 3 nitrogen and oxygen atoms in total. The summed E-state index contributed by atoms with van der Waals surface area (Å²) in [7, 11) is 0. The molecule has 1 N–H and O–H groups in total. The van der Waals surface area contributed by atoms with Crippen molar-refractivity contribution in [1.82, 2.24) is 10.3 Å². The van der Waals surface area contributed by atoms with E-state index in [-0.39, 0.29) is 0 Å². The summed E-state index contributed by atoms with van der Waals surface area (Å²) in [6.07, 6.45) is 7.31. The van der Waals surface area contributed by atoms with Crippen LogP contribution in [0.15, 0.2) is 40.4 Å². The van der Waals surface area contributed by atoms with Crippen molar-refractivity contribution < 1.29 is 0 Å². The van der Waals surface area contributed by atoms with Gasteiger partial charge < -0.3 is 10.2 Å². The van der Waals surface area contributed by atoms with Gasteiger partial charge in [-0.25, -0.2) is 0 Å². The number of hydrogen-bond acceptors (Lipinski definition) is 4. The molecule has 5 heteroatoms. The zero-order chi connectivity index (χ0) is 14.5. The predicted molar refractivity (Wildman–Crippen MR) is 93.2 cm³/mol. The topological polar surface area (TPSA) is 28.2 Å². The van der Waals surface area contributed by atoms with Crippen molar-refractivity contribution in [3.8, 4) is 0 Å². The van der Waals surface area contributed by atoms with Crippen molar-refractivity contribution in [3.63, 3.8) is 0 Å². The minimum Gasteiger partial charge on any atom is -0.371 e. The fourth-order valence-corrected chi connectivity index (χ4v) is 4.26. The molecule has 0 atom stereocenters. The molecule has 0 amide bonds. The van der Waals surface area contributed by atoms with E-state index < -0.39 is 0 Å². The molecule has 0 spiro atoms. The summed E-state index contributed by atoms with van der Waals surface area (Å²) < 4.78 is 1.23. The van der Waals surface area contributed by atoms with Crippen molar-refractivity contribution in [3.05, 3.63) is 45.3 Å². The van der Waals surface area contributed by atoms with Crippen LogP contribution in [0.3, 0.4) is 0 Å². The van der Waals surface area contributed by atoms with Crippen molar-refractivity contribution in [1.29, 1.82) is 0 Å². The van der Waals surface area contributed by atoms with E-state index in [1.807, 2.05) is 23.7 Å². The number of nitrogens with one attached hydrogen (secondary N) is 1. The molecule has 1 fully saturated rings. The van der Waals surface area contributed by atoms with Gasteiger partial charge in [-0.05, 0) is 59.5 Å². The highest BCUT2D eigenvalue weighted by atomic mass is 79.9. The van der Waals surface area contributed by atoms with Gasteiger partial charge in [0.2, 0.25) is 0 Å². The molecule has 0 saturated carbocycles. The fraction of sp³-hybridized carbons (Fsp3) is 0.438. The van der Waals surface area contributed by atoms with Gasteiger partial charge in [-0.15, -0.1) is 11.3 Å². The van der Waals surface area contributed by atoms with E-state index in [0.29, 0.717) is 6.04 Å². The molecule has 2 aromatic rings. The lowest BCUT2D eigenvalue weighted by Crippen LogP contribution is -2.43. The van der Waals surface area contributed by atoms with Gasteiger partial charge in [0.1, 0.15) is 0 Å². The lowest BCUT2D eigenvalue weighted by Gasteiger charge is -2.34. The van der Waals surface area contributed by atoms with Gasteiger partial charge in [-0.1, -0.05) is 0 Å². The molecule has 3 heterocycles. The second-order valence-electron chi connectivity index (χ2n) is 5.38. The van der Waals surface area contributed by atoms with Crippen LogP contribution < -0.4 is 10.2 Å². The number of thiophene rings is 1. The monoisotopic (exact) mass is 365 g/mol. The highest BCUT2D eigenvalue weighted by Gasteiger charge is 2.18. The predicted octanol–water partition coefficient (Wildman–Crippen LogP) is 3.71. The number of piperidine rings is 1. The van der Waals surface area contributed by atoms with Gasteiger partial charge >= 0.3 is 0 Å². The average Bonchev–Trinajstić information content (AvgIpc) is 2.94. The first-order valence-electron chi connectivity index (χ1n) is 7.44. The molecule has 0 aliphatic carbocycles. The Bertz CT molecular complexity index is 550. The minimum atomic E-state index is 0.659. The largest absolute Gasteiger partial charge is 0.371 e. The molecule has 1 aliphatic heterocycles. The Morgan fingerprint density at radius 2 is 1.95 bits per heavy atom. The van der Waals surface area contributed by atoms with Crippen molar-refractivity contribution in [2.45, 2.75) is 25.3 Å². The molecule has 0 aromatic carbocycles. The lowest BCUT2D eigenvalue weighted by molar-refractivity contribution is 0.418. The number of aromatic nitrogens is 1. The molecule has 2 aromatic heterocycles. The molecule has 3 rings (SSSR count). The third kappa shape index (κ3) is 4.28. The van der Waals surface area contributed by atoms with E-state index in [4.69, 9.17) is 0 Å². The normalized spacial score (nSPS) is 16.3. The number of pyridine rings is 1. The maximum atomic E-state index is 4.08. The van der Waals surface area contributed by atoms with Crippen LogP contribution >= 0.6 is 27.3 Å². The van der Waals surface area contributed by atoms with Crippen LogP contribution in [-0.4, -0.2) is 30.7 Å². The number of nitrogens with zero attached hydrogens (tertiary/aromatic N) is 2. The Morgan fingerprint density at radius 3 is 2.62 bits per heavy atom. The van der Waals surface area contributed by atoms with Crippen molar-refractivity contribution in [2.75, 3.05) is 24.5 Å². The first-order valence-corrected chi connectivity index (χ1v) is 9.05. The minimum absolute atomic E-state index is 0.659. The molecule has 1 saturated heterocycles. The van der Waals surface area contributed by atoms with Gasteiger partial charge in [0.15, 0.2) is 0 Å². The molecule has 21 heavy (non-hydrogen) atoms. The van der Waals surface area contributed by atoms with Gasteiger partial charge in [-0.2, -0.15) is 0 Å². The fourth-order valence-electron chi connectivity index (χ4n) is 2.78. The van der Waals surface area contributed by atoms with Crippen LogP contribution in [0.25, 0.3) is 0 Å². The molecular weight excluding hydrogens is 346 g/mol. The summed E-state index contributed by atoms with van der Waals surface area (Å²) in [5.74, 6) is 0. The maximum absolute atomic E-state index is 4.08. The zero-order valence-electron chi connectivity index (χ0n) is 12.0. The van der Waals surface area contributed by atoms with Crippen LogP contribution in [-0.2, 0) is 6.42 Å². The van der Waals surface area contributed by atoms with E-state index in [1.165, 1.54) is 27.2 Å². The third-order valence-electron chi connectivity index (χ3n) is 3.96. The second kappa shape index (κ2) is 7.38. The molecule has 0 unspecified atom stereocenters. The molecule has 112 valence electrons. The Morgan fingerprint density at radius 1 is 1.19 bits per heavy atom. The number of rotatable bonds is 5. The first-order chi connectivity index (χ1) is 10.3. The van der Waals surface area contributed by atoms with Crippen LogP contribution in [0.4, 0.5) is 5.69 Å². The number of anilines is 1. The van der Waals surface area contributed by atoms with E-state index in [9.17, 15) is 0 Å². The van der Waals surface area contributed by atoms with Crippen LogP contribution in [0.5, 0.6) is 0 Å². The van der Waals surface area contributed by atoms with Gasteiger partial charge in [-0.3, -0.25) is 4.98 Å². The summed E-state index contributed by atoms with van der Waals surface area (Å²) >= 11 is 5.35. The zero-order valence-corrected chi connectivity index (χ0v) is 14.4. The van der Waals surface area contributed by atoms with E-state index in [1.54, 1.807) is 0 Å². The van der Waals surface area contributed by atoms with Crippen molar-refractivity contribution in [2.24, 2.45) is 0 Å². The van der Waals surface area contributed by atoms with Crippen LogP contribution in [0, 0.1) is 0 Å². The molecule has 1 aliphatic rings. The average molecular weight is 366 g/mol. The Balaban J connectivity index is 1.40. The second-order valence-corrected chi connectivity index (χ2v) is 7.92.